The molecule has 0 saturated heterocycles. The Hall–Kier alpha value is -1.26. The molecular weight excluding hydrogens is 254 g/mol. The van der Waals surface area contributed by atoms with Crippen molar-refractivity contribution in [1.29, 1.82) is 0 Å². The van der Waals surface area contributed by atoms with Gasteiger partial charge in [-0.15, -0.1) is 10.2 Å². The summed E-state index contributed by atoms with van der Waals surface area (Å²) in [6, 6.07) is 0. The lowest BCUT2D eigenvalue weighted by atomic mass is 10.5. The van der Waals surface area contributed by atoms with Crippen LogP contribution in [0, 0.1) is 0 Å². The van der Waals surface area contributed by atoms with E-state index in [-0.39, 0.29) is 10.9 Å². The Kier molecular flexibility index (Phi) is 3.78. The highest BCUT2D eigenvalue weighted by molar-refractivity contribution is 7.91. The zero-order valence-corrected chi connectivity index (χ0v) is 10.1. The molecule has 90 valence electrons. The van der Waals surface area contributed by atoms with Crippen LogP contribution in [-0.2, 0) is 14.8 Å². The van der Waals surface area contributed by atoms with Crippen LogP contribution in [0.4, 0.5) is 5.13 Å². The van der Waals surface area contributed by atoms with Crippen molar-refractivity contribution in [2.75, 3.05) is 18.0 Å². The first-order chi connectivity index (χ1) is 7.34. The number of carbonyl (C=O) groups is 1. The van der Waals surface area contributed by atoms with Gasteiger partial charge in [0.2, 0.25) is 15.4 Å². The van der Waals surface area contributed by atoms with Gasteiger partial charge in [0.25, 0.3) is 10.0 Å². The van der Waals surface area contributed by atoms with E-state index in [1.807, 2.05) is 0 Å². The van der Waals surface area contributed by atoms with E-state index in [9.17, 15) is 13.2 Å². The Morgan fingerprint density at radius 3 is 2.50 bits per heavy atom. The Morgan fingerprint density at radius 1 is 1.50 bits per heavy atom. The Morgan fingerprint density at radius 2 is 2.12 bits per heavy atom. The molecule has 0 atom stereocenters. The van der Waals surface area contributed by atoms with Crippen molar-refractivity contribution in [2.45, 2.75) is 11.3 Å². The van der Waals surface area contributed by atoms with Crippen molar-refractivity contribution < 1.29 is 13.2 Å². The number of primary amides is 1. The molecule has 1 aromatic rings. The van der Waals surface area contributed by atoms with Crippen molar-refractivity contribution in [2.24, 2.45) is 10.9 Å². The standard InChI is InChI=1S/C6H11N5O3S2/c1-2-11(3-4(7)12)5-9-10-6(15-5)16(8,13)14/h2-3H2,1H3,(H2,7,12)(H2,8,13,14). The molecule has 1 aromatic heterocycles. The maximum atomic E-state index is 11.0. The van der Waals surface area contributed by atoms with Gasteiger partial charge in [0, 0.05) is 6.54 Å². The largest absolute Gasteiger partial charge is 0.368 e. The number of nitrogens with two attached hydrogens (primary N) is 2. The number of anilines is 1. The van der Waals surface area contributed by atoms with Gasteiger partial charge in [-0.3, -0.25) is 4.79 Å². The normalized spacial score (nSPS) is 11.4. The molecule has 0 aliphatic carbocycles. The summed E-state index contributed by atoms with van der Waals surface area (Å²) in [5.41, 5.74) is 5.03. The first-order valence-electron chi connectivity index (χ1n) is 4.24. The van der Waals surface area contributed by atoms with Crippen molar-refractivity contribution in [3.8, 4) is 0 Å². The third kappa shape index (κ3) is 3.12. The van der Waals surface area contributed by atoms with Crippen LogP contribution in [0.15, 0.2) is 4.34 Å². The summed E-state index contributed by atoms with van der Waals surface area (Å²) in [6.45, 7) is 2.19. The average Bonchev–Trinajstić information content (AvgIpc) is 2.61. The van der Waals surface area contributed by atoms with Gasteiger partial charge in [0.05, 0.1) is 6.54 Å². The summed E-state index contributed by atoms with van der Waals surface area (Å²) in [7, 11) is -3.85. The van der Waals surface area contributed by atoms with Crippen LogP contribution in [0.1, 0.15) is 6.92 Å². The molecule has 16 heavy (non-hydrogen) atoms. The first kappa shape index (κ1) is 12.8. The van der Waals surface area contributed by atoms with Crippen LogP contribution >= 0.6 is 11.3 Å². The van der Waals surface area contributed by atoms with Gasteiger partial charge >= 0.3 is 0 Å². The van der Waals surface area contributed by atoms with Gasteiger partial charge in [-0.25, -0.2) is 13.6 Å². The van der Waals surface area contributed by atoms with Gasteiger partial charge in [-0.2, -0.15) is 0 Å². The van der Waals surface area contributed by atoms with Crippen LogP contribution in [0.2, 0.25) is 0 Å². The summed E-state index contributed by atoms with van der Waals surface area (Å²) in [6.07, 6.45) is 0. The fourth-order valence-corrected chi connectivity index (χ4v) is 2.43. The molecule has 0 saturated carbocycles. The molecule has 0 unspecified atom stereocenters. The van der Waals surface area contributed by atoms with Gasteiger partial charge in [0.1, 0.15) is 0 Å². The van der Waals surface area contributed by atoms with E-state index in [2.05, 4.69) is 10.2 Å². The third-order valence-corrected chi connectivity index (χ3v) is 3.93. The number of rotatable bonds is 5. The molecule has 0 bridgehead atoms. The van der Waals surface area contributed by atoms with Crippen LogP contribution < -0.4 is 15.8 Å². The van der Waals surface area contributed by atoms with E-state index in [1.54, 1.807) is 6.92 Å². The molecule has 1 rings (SSSR count). The Labute approximate surface area is 96.3 Å². The smallest absolute Gasteiger partial charge is 0.267 e. The molecule has 4 N–H and O–H groups in total. The lowest BCUT2D eigenvalue weighted by Gasteiger charge is -2.16. The highest BCUT2D eigenvalue weighted by Gasteiger charge is 2.18. The number of hydrogen-bond donors (Lipinski definition) is 2. The molecule has 1 heterocycles. The zero-order valence-electron chi connectivity index (χ0n) is 8.45. The molecule has 0 radical (unpaired) electrons. The van der Waals surface area contributed by atoms with Crippen molar-refractivity contribution in [1.82, 2.24) is 10.2 Å². The topological polar surface area (TPSA) is 132 Å². The predicted molar refractivity (Wildman–Crippen MR) is 58.4 cm³/mol. The maximum Gasteiger partial charge on any atom is 0.267 e. The van der Waals surface area contributed by atoms with E-state index in [1.165, 1.54) is 4.90 Å². The number of primary sulfonamides is 1. The molecule has 8 nitrogen and oxygen atoms in total. The van der Waals surface area contributed by atoms with Crippen molar-refractivity contribution in [3.05, 3.63) is 0 Å². The number of likely N-dealkylation sites (N-methyl/N-ethyl adjacent to an activating group) is 1. The van der Waals surface area contributed by atoms with Crippen molar-refractivity contribution >= 4 is 32.4 Å². The molecule has 1 amide bonds. The highest BCUT2D eigenvalue weighted by atomic mass is 32.2. The van der Waals surface area contributed by atoms with Crippen molar-refractivity contribution in [3.63, 3.8) is 0 Å². The van der Waals surface area contributed by atoms with E-state index in [0.29, 0.717) is 11.7 Å². The summed E-state index contributed by atoms with van der Waals surface area (Å²) >= 11 is 0.797. The SMILES string of the molecule is CCN(CC(N)=O)c1nnc(S(N)(=O)=O)s1. The predicted octanol–water partition coefficient (Wildman–Crippen LogP) is -1.50. The number of sulfonamides is 1. The van der Waals surface area contributed by atoms with Gasteiger partial charge in [-0.1, -0.05) is 11.3 Å². The lowest BCUT2D eigenvalue weighted by Crippen LogP contribution is -2.33. The summed E-state index contributed by atoms with van der Waals surface area (Å²) in [4.78, 5) is 12.2. The van der Waals surface area contributed by atoms with E-state index >= 15 is 0 Å². The highest BCUT2D eigenvalue weighted by Crippen LogP contribution is 2.22. The Bertz CT molecular complexity index is 482. The molecule has 0 fully saturated rings. The lowest BCUT2D eigenvalue weighted by molar-refractivity contribution is -0.116. The third-order valence-electron chi connectivity index (χ3n) is 1.64. The molecule has 0 spiro atoms. The fourth-order valence-electron chi connectivity index (χ4n) is 0.948. The summed E-state index contributed by atoms with van der Waals surface area (Å²) < 4.78 is 21.6. The quantitative estimate of drug-likeness (QED) is 0.665. The van der Waals surface area contributed by atoms with Gasteiger partial charge in [0.15, 0.2) is 0 Å². The molecular formula is C6H11N5O3S2. The Balaban J connectivity index is 2.95. The molecule has 0 aliphatic heterocycles. The number of carbonyl (C=O) groups excluding carboxylic acids is 1. The minimum atomic E-state index is -3.85. The summed E-state index contributed by atoms with van der Waals surface area (Å²) in [5.74, 6) is -0.533. The number of amides is 1. The second-order valence-electron chi connectivity index (χ2n) is 2.88. The molecule has 0 aromatic carbocycles. The maximum absolute atomic E-state index is 11.0. The molecule has 0 aliphatic rings. The fraction of sp³-hybridized carbons (Fsp3) is 0.500. The van der Waals surface area contributed by atoms with Crippen LogP contribution in [0.3, 0.4) is 0 Å². The first-order valence-corrected chi connectivity index (χ1v) is 6.60. The van der Waals surface area contributed by atoms with Gasteiger partial charge < -0.3 is 10.6 Å². The number of aromatic nitrogens is 2. The zero-order chi connectivity index (χ0) is 12.3. The van der Waals surface area contributed by atoms with Crippen LogP contribution in [0.5, 0.6) is 0 Å². The monoisotopic (exact) mass is 265 g/mol. The number of nitrogens with zero attached hydrogens (tertiary/aromatic N) is 3. The second-order valence-corrected chi connectivity index (χ2v) is 5.57. The number of hydrogen-bond acceptors (Lipinski definition) is 7. The van der Waals surface area contributed by atoms with Crippen LogP contribution in [-0.4, -0.2) is 37.6 Å². The average molecular weight is 265 g/mol. The van der Waals surface area contributed by atoms with Crippen LogP contribution in [0.25, 0.3) is 0 Å². The van der Waals surface area contributed by atoms with Gasteiger partial charge in [-0.05, 0) is 6.92 Å². The second kappa shape index (κ2) is 4.72. The summed E-state index contributed by atoms with van der Waals surface area (Å²) in [5, 5.41) is 12.2. The van der Waals surface area contributed by atoms with E-state index in [0.717, 1.165) is 11.3 Å². The minimum absolute atomic E-state index is 0.0459. The van der Waals surface area contributed by atoms with E-state index < -0.39 is 15.9 Å². The van der Waals surface area contributed by atoms with E-state index in [4.69, 9.17) is 10.9 Å². The molecule has 10 heteroatoms. The minimum Gasteiger partial charge on any atom is -0.368 e.